The van der Waals surface area contributed by atoms with Crippen molar-refractivity contribution in [2.75, 3.05) is 21.3 Å². The van der Waals surface area contributed by atoms with Gasteiger partial charge in [-0.1, -0.05) is 173 Å². The number of nitrogens with one attached hydrogen (secondary N) is 4. The van der Waals surface area contributed by atoms with Crippen molar-refractivity contribution in [1.29, 1.82) is 0 Å². The van der Waals surface area contributed by atoms with Gasteiger partial charge in [-0.2, -0.15) is 0 Å². The van der Waals surface area contributed by atoms with E-state index in [9.17, 15) is 49.1 Å². The van der Waals surface area contributed by atoms with E-state index in [1.54, 1.807) is 73.3 Å². The topological polar surface area (TPSA) is 321 Å². The van der Waals surface area contributed by atoms with Crippen LogP contribution in [0.5, 0.6) is 5.75 Å². The minimum absolute atomic E-state index is 0.00224. The number of carbonyl (C=O) groups excluding carboxylic acids is 4. The Hall–Kier alpha value is -11.7. The fraction of sp³-hybridized carbons (Fsp3) is 0.433. The summed E-state index contributed by atoms with van der Waals surface area (Å²) in [4.78, 5) is 91.0. The molecule has 16 saturated carbocycles. The molecule has 16 fully saturated rings. The van der Waals surface area contributed by atoms with Crippen LogP contribution in [0.4, 0.5) is 27.7 Å². The van der Waals surface area contributed by atoms with E-state index in [4.69, 9.17) is 46.5 Å². The number of anilines is 4. The van der Waals surface area contributed by atoms with Gasteiger partial charge >= 0.3 is 0 Å². The lowest BCUT2D eigenvalue weighted by atomic mass is 9.48. The molecule has 0 aliphatic heterocycles. The second kappa shape index (κ2) is 42.8. The molecule has 21 nitrogen and oxygen atoms in total. The predicted molar refractivity (Wildman–Crippen MR) is 560 cm³/mol. The number of nitrogens with zero attached hydrogens (tertiary/aromatic N) is 8. The summed E-state index contributed by atoms with van der Waals surface area (Å²) in [5, 5.41) is 60.0. The Kier molecular flexibility index (Phi) is 29.2. The average Bonchev–Trinajstić information content (AvgIpc) is 0.753. The van der Waals surface area contributed by atoms with Gasteiger partial charge in [0.05, 0.1) is 122 Å². The quantitative estimate of drug-likeness (QED) is 0.0220. The number of hydrogen-bond donors (Lipinski definition) is 9. The van der Waals surface area contributed by atoms with Crippen molar-refractivity contribution in [3.63, 3.8) is 0 Å². The summed E-state index contributed by atoms with van der Waals surface area (Å²) in [6.45, 7) is 0.0475. The molecular formula is C120H129BrClFN12O9. The molecule has 16 aliphatic carbocycles. The van der Waals surface area contributed by atoms with E-state index >= 15 is 0 Å². The molecule has 744 valence electrons. The van der Waals surface area contributed by atoms with E-state index < -0.39 is 0 Å². The number of aromatic nitrogens is 8. The first kappa shape index (κ1) is 98.3. The van der Waals surface area contributed by atoms with Crippen molar-refractivity contribution in [3.05, 3.63) is 302 Å². The van der Waals surface area contributed by atoms with Crippen LogP contribution in [-0.2, 0) is 97.0 Å². The van der Waals surface area contributed by atoms with E-state index in [0.717, 1.165) is 213 Å². The summed E-state index contributed by atoms with van der Waals surface area (Å²) in [5.74, 6) is 11.8. The molecule has 4 amide bonds. The van der Waals surface area contributed by atoms with Crippen molar-refractivity contribution >= 4 is 74.4 Å². The number of halogens is 3. The van der Waals surface area contributed by atoms with E-state index in [0.29, 0.717) is 34.7 Å². The third-order valence-electron chi connectivity index (χ3n) is 34.1. The number of aliphatic hydroxyl groups excluding tert-OH is 4. The standard InChI is InChI=1S/C30H32BrN3O2.C30H32ClN3O2.C30H32FN3O2.C30H33N3O3/c3*31-25-7-3-19(4-8-25)12-28(36)34-29-26(16-30-13-21-9-22(14-30)11-23(10-21)15-30)33-27(17-32-29)24-5-1-20(18-35)2-6-24;34-18-20-1-5-24(6-2-20)27-17-31-29(33-28(36)12-19-3-7-25(35)8-4-19)26(32-27)16-30-13-21-9-22(14-30)11-23(10-21)15-30/h3*1-8,17,21-23,35H,9-16,18H2,(H,32,34,36);1-8,17,21-23,34-35H,9-16,18H2,(H,31,33,36). The van der Waals surface area contributed by atoms with Crippen molar-refractivity contribution in [1.82, 2.24) is 39.9 Å². The maximum atomic E-state index is 13.3. The number of phenols is 1. The zero-order valence-electron chi connectivity index (χ0n) is 81.7. The van der Waals surface area contributed by atoms with Crippen LogP contribution in [-0.4, -0.2) is 89.0 Å². The van der Waals surface area contributed by atoms with Crippen LogP contribution in [0.15, 0.2) is 223 Å². The highest BCUT2D eigenvalue weighted by Gasteiger charge is 2.56. The van der Waals surface area contributed by atoms with Gasteiger partial charge in [0.2, 0.25) is 23.6 Å². The fourth-order valence-corrected chi connectivity index (χ4v) is 30.0. The SMILES string of the molecule is O=C(Cc1ccc(Br)cc1)Nc1ncc(-c2ccc(CO)cc2)nc1CC12CC3CC(CC(C3)C1)C2.O=C(Cc1ccc(Cl)cc1)Nc1ncc(-c2ccc(CO)cc2)nc1CC12CC3CC(CC(C3)C1)C2.O=C(Cc1ccc(F)cc1)Nc1ncc(-c2ccc(CO)cc2)nc1CC12CC3CC(CC(C3)C1)C2.O=C(Cc1ccc(O)cc1)Nc1ncc(-c2ccc(CO)cc2)nc1CC12CC3CC(CC(C3)C1)C2. The highest BCUT2D eigenvalue weighted by molar-refractivity contribution is 9.10. The molecule has 9 N–H and O–H groups in total. The third kappa shape index (κ3) is 23.5. The molecule has 0 saturated heterocycles. The van der Waals surface area contributed by atoms with Crippen LogP contribution < -0.4 is 21.3 Å². The molecule has 0 atom stereocenters. The van der Waals surface area contributed by atoms with Gasteiger partial charge in [0, 0.05) is 31.7 Å². The fourth-order valence-electron chi connectivity index (χ4n) is 29.6. The zero-order valence-corrected chi connectivity index (χ0v) is 84.1. The monoisotopic (exact) mass is 2010 g/mol. The van der Waals surface area contributed by atoms with E-state index in [1.807, 2.05) is 133 Å². The van der Waals surface area contributed by atoms with Gasteiger partial charge in [-0.25, -0.2) is 44.3 Å². The molecule has 0 spiro atoms. The molecule has 24 heteroatoms. The van der Waals surface area contributed by atoms with Crippen LogP contribution in [0.3, 0.4) is 0 Å². The minimum Gasteiger partial charge on any atom is -0.508 e. The molecule has 28 rings (SSSR count). The highest BCUT2D eigenvalue weighted by atomic mass is 79.9. The van der Waals surface area contributed by atoms with Crippen LogP contribution in [0, 0.1) is 98.5 Å². The van der Waals surface area contributed by atoms with Gasteiger partial charge in [0.15, 0.2) is 23.3 Å². The van der Waals surface area contributed by atoms with Crippen LogP contribution >= 0.6 is 27.5 Å². The van der Waals surface area contributed by atoms with Gasteiger partial charge in [0.25, 0.3) is 0 Å². The molecule has 4 aromatic heterocycles. The number of aliphatic hydroxyl groups is 4. The summed E-state index contributed by atoms with van der Waals surface area (Å²) >= 11 is 9.45. The van der Waals surface area contributed by atoms with Crippen LogP contribution in [0.2, 0.25) is 5.02 Å². The molecule has 0 radical (unpaired) electrons. The number of amides is 4. The van der Waals surface area contributed by atoms with Gasteiger partial charge in [-0.3, -0.25) is 19.2 Å². The maximum Gasteiger partial charge on any atom is 0.229 e. The van der Waals surface area contributed by atoms with Gasteiger partial charge in [-0.15, -0.1) is 0 Å². The van der Waals surface area contributed by atoms with E-state index in [-0.39, 0.29) is 103 Å². The van der Waals surface area contributed by atoms with E-state index in [2.05, 4.69) is 42.2 Å². The van der Waals surface area contributed by atoms with Crippen molar-refractivity contribution in [2.24, 2.45) is 92.7 Å². The average molecular weight is 2020 g/mol. The lowest BCUT2D eigenvalue weighted by Gasteiger charge is -2.57. The lowest BCUT2D eigenvalue weighted by Crippen LogP contribution is -2.47. The molecule has 8 aromatic carbocycles. The van der Waals surface area contributed by atoms with Gasteiger partial charge < -0.3 is 46.8 Å². The molecule has 12 aromatic rings. The maximum absolute atomic E-state index is 13.3. The normalized spacial score (nSPS) is 26.2. The Labute approximate surface area is 855 Å². The Bertz CT molecular complexity index is 5680. The molecule has 16 aliphatic rings. The Balaban J connectivity index is 0.000000113. The first-order valence-corrected chi connectivity index (χ1v) is 53.5. The lowest BCUT2D eigenvalue weighted by molar-refractivity contribution is -0.116. The molecular weight excluding hydrogens is 1890 g/mol. The zero-order chi connectivity index (χ0) is 98.8. The Morgan fingerprint density at radius 3 is 0.701 bits per heavy atom. The molecule has 0 unspecified atom stereocenters. The van der Waals surface area contributed by atoms with Gasteiger partial charge in [-0.05, 0) is 365 Å². The Morgan fingerprint density at radius 1 is 0.292 bits per heavy atom. The summed E-state index contributed by atoms with van der Waals surface area (Å²) in [7, 11) is 0. The Morgan fingerprint density at radius 2 is 0.486 bits per heavy atom. The predicted octanol–water partition coefficient (Wildman–Crippen LogP) is 23.6. The second-order valence-electron chi connectivity index (χ2n) is 45.4. The number of carbonyl (C=O) groups is 4. The van der Waals surface area contributed by atoms with E-state index in [1.165, 1.54) is 166 Å². The molecule has 16 bridgehead atoms. The summed E-state index contributed by atoms with van der Waals surface area (Å²) in [6.07, 6.45) is 43.2. The molecule has 144 heavy (non-hydrogen) atoms. The summed E-state index contributed by atoms with van der Waals surface area (Å²) < 4.78 is 14.3. The third-order valence-corrected chi connectivity index (χ3v) is 34.9. The number of phenolic OH excluding ortho intramolecular Hbond substituents is 1. The summed E-state index contributed by atoms with van der Waals surface area (Å²) in [5.41, 5.74) is 18.5. The number of rotatable bonds is 28. The first-order valence-electron chi connectivity index (χ1n) is 52.3. The molecule has 4 heterocycles. The van der Waals surface area contributed by atoms with Gasteiger partial charge in [0.1, 0.15) is 11.6 Å². The van der Waals surface area contributed by atoms with Crippen molar-refractivity contribution < 1.29 is 49.1 Å². The van der Waals surface area contributed by atoms with Crippen molar-refractivity contribution in [2.45, 2.75) is 232 Å². The largest absolute Gasteiger partial charge is 0.508 e. The second-order valence-corrected chi connectivity index (χ2v) is 46.8. The summed E-state index contributed by atoms with van der Waals surface area (Å²) in [6, 6.07) is 59.0. The minimum atomic E-state index is -0.314. The van der Waals surface area contributed by atoms with Crippen molar-refractivity contribution in [3.8, 4) is 50.8 Å². The van der Waals surface area contributed by atoms with Crippen LogP contribution in [0.1, 0.15) is 221 Å². The first-order chi connectivity index (χ1) is 69.9. The number of benzene rings is 8. The smallest absolute Gasteiger partial charge is 0.229 e. The number of aromatic hydroxyl groups is 1. The van der Waals surface area contributed by atoms with Crippen LogP contribution in [0.25, 0.3) is 45.0 Å². The highest BCUT2D eigenvalue weighted by Crippen LogP contribution is 2.66. The number of hydrogen-bond acceptors (Lipinski definition) is 17.